The molecule has 0 unspecified atom stereocenters. The topological polar surface area (TPSA) is 53.0 Å². The molecule has 3 nitrogen and oxygen atoms in total. The molecule has 3 rings (SSSR count). The third kappa shape index (κ3) is 2.70. The Morgan fingerprint density at radius 2 is 1.70 bits per heavy atom. The highest BCUT2D eigenvalue weighted by molar-refractivity contribution is 6.04. The number of benzene rings is 2. The number of pyridine rings is 1. The van der Waals surface area contributed by atoms with Crippen LogP contribution in [0, 0.1) is 6.92 Å². The van der Waals surface area contributed by atoms with Crippen molar-refractivity contribution >= 4 is 16.9 Å². The van der Waals surface area contributed by atoms with Crippen LogP contribution < -0.4 is 5.11 Å². The number of aromatic carboxylic acids is 1. The molecule has 0 spiro atoms. The fraction of sp³-hybridized carbons (Fsp3) is 0.200. The van der Waals surface area contributed by atoms with Crippen molar-refractivity contribution in [3.63, 3.8) is 0 Å². The van der Waals surface area contributed by atoms with Crippen molar-refractivity contribution in [3.8, 4) is 11.3 Å². The Bertz CT molecular complexity index is 880. The van der Waals surface area contributed by atoms with E-state index < -0.39 is 5.97 Å². The van der Waals surface area contributed by atoms with Gasteiger partial charge in [0.1, 0.15) is 0 Å². The minimum Gasteiger partial charge on any atom is -0.545 e. The van der Waals surface area contributed by atoms with E-state index in [-0.39, 0.29) is 5.56 Å². The van der Waals surface area contributed by atoms with E-state index in [9.17, 15) is 9.90 Å². The minimum atomic E-state index is -1.17. The monoisotopic (exact) mass is 304 g/mol. The number of fused-ring (bicyclic) bond motifs is 1. The zero-order valence-electron chi connectivity index (χ0n) is 13.5. The number of carbonyl (C=O) groups excluding carboxylic acids is 1. The molecule has 23 heavy (non-hydrogen) atoms. The quantitative estimate of drug-likeness (QED) is 0.741. The summed E-state index contributed by atoms with van der Waals surface area (Å²) >= 11 is 0. The molecule has 0 aliphatic rings. The first-order valence-electron chi connectivity index (χ1n) is 7.70. The molecule has 0 aliphatic heterocycles. The molecule has 0 radical (unpaired) electrons. The second-order valence-corrected chi connectivity index (χ2v) is 6.04. The van der Waals surface area contributed by atoms with Gasteiger partial charge in [0.05, 0.1) is 17.2 Å². The predicted octanol–water partition coefficient (Wildman–Crippen LogP) is 3.70. The van der Waals surface area contributed by atoms with E-state index in [1.807, 2.05) is 30.3 Å². The molecule has 0 aliphatic carbocycles. The molecular weight excluding hydrogens is 286 g/mol. The molecule has 1 aromatic heterocycles. The fourth-order valence-electron chi connectivity index (χ4n) is 2.88. The average Bonchev–Trinajstić information content (AvgIpc) is 2.54. The molecule has 3 aromatic rings. The summed E-state index contributed by atoms with van der Waals surface area (Å²) in [7, 11) is 0. The maximum atomic E-state index is 11.6. The fourth-order valence-corrected chi connectivity index (χ4v) is 2.88. The van der Waals surface area contributed by atoms with Crippen LogP contribution in [0.25, 0.3) is 22.2 Å². The Morgan fingerprint density at radius 1 is 1.04 bits per heavy atom. The standard InChI is InChI=1S/C20H19NO2/c1-12(2)14-8-10-15(11-9-14)19-13(3)18(20(22)23)16-6-4-5-7-17(16)21-19/h4-12H,1-3H3,(H,22,23)/p-1. The van der Waals surface area contributed by atoms with Gasteiger partial charge >= 0.3 is 0 Å². The smallest absolute Gasteiger partial charge is 0.0745 e. The van der Waals surface area contributed by atoms with Crippen LogP contribution in [0.5, 0.6) is 0 Å². The lowest BCUT2D eigenvalue weighted by Gasteiger charge is -2.15. The highest BCUT2D eigenvalue weighted by Crippen LogP contribution is 2.30. The van der Waals surface area contributed by atoms with Crippen molar-refractivity contribution in [1.29, 1.82) is 0 Å². The van der Waals surface area contributed by atoms with Crippen molar-refractivity contribution < 1.29 is 9.90 Å². The van der Waals surface area contributed by atoms with Crippen LogP contribution in [0.15, 0.2) is 48.5 Å². The lowest BCUT2D eigenvalue weighted by Crippen LogP contribution is -2.24. The highest BCUT2D eigenvalue weighted by Gasteiger charge is 2.14. The number of para-hydroxylation sites is 1. The molecule has 1 heterocycles. The number of hydrogen-bond acceptors (Lipinski definition) is 3. The van der Waals surface area contributed by atoms with Crippen LogP contribution in [-0.2, 0) is 0 Å². The van der Waals surface area contributed by atoms with Gasteiger partial charge in [0.15, 0.2) is 0 Å². The van der Waals surface area contributed by atoms with Crippen LogP contribution in [-0.4, -0.2) is 11.0 Å². The summed E-state index contributed by atoms with van der Waals surface area (Å²) in [5.74, 6) is -0.713. The molecule has 0 N–H and O–H groups in total. The maximum absolute atomic E-state index is 11.6. The number of hydrogen-bond donors (Lipinski definition) is 0. The molecule has 2 aromatic carbocycles. The Kier molecular flexibility index (Phi) is 3.87. The Hall–Kier alpha value is -2.68. The Balaban J connectivity index is 2.25. The third-order valence-electron chi connectivity index (χ3n) is 4.19. The van der Waals surface area contributed by atoms with Gasteiger partial charge in [-0.3, -0.25) is 0 Å². The molecule has 0 atom stereocenters. The molecule has 0 fully saturated rings. The van der Waals surface area contributed by atoms with E-state index >= 15 is 0 Å². The number of carboxylic acid groups (broad SMARTS) is 1. The van der Waals surface area contributed by atoms with E-state index in [2.05, 4.69) is 31.0 Å². The lowest BCUT2D eigenvalue weighted by atomic mass is 9.96. The molecule has 0 saturated heterocycles. The average molecular weight is 304 g/mol. The van der Waals surface area contributed by atoms with E-state index in [0.29, 0.717) is 28.1 Å². The predicted molar refractivity (Wildman–Crippen MR) is 90.3 cm³/mol. The largest absolute Gasteiger partial charge is 0.545 e. The SMILES string of the molecule is Cc1c(-c2ccc(C(C)C)cc2)nc2ccccc2c1C(=O)[O-]. The number of rotatable bonds is 3. The zero-order valence-corrected chi connectivity index (χ0v) is 13.5. The van der Waals surface area contributed by atoms with E-state index in [0.717, 1.165) is 5.56 Å². The first kappa shape index (κ1) is 15.2. The third-order valence-corrected chi connectivity index (χ3v) is 4.19. The molecule has 0 saturated carbocycles. The Labute approximate surface area is 135 Å². The van der Waals surface area contributed by atoms with Gasteiger partial charge in [0, 0.05) is 16.5 Å². The van der Waals surface area contributed by atoms with Crippen molar-refractivity contribution in [2.45, 2.75) is 26.7 Å². The molecule has 3 heteroatoms. The first-order chi connectivity index (χ1) is 11.0. The zero-order chi connectivity index (χ0) is 16.6. The second-order valence-electron chi connectivity index (χ2n) is 6.04. The van der Waals surface area contributed by atoms with Gasteiger partial charge < -0.3 is 9.90 Å². The normalized spacial score (nSPS) is 11.1. The maximum Gasteiger partial charge on any atom is 0.0745 e. The van der Waals surface area contributed by atoms with Gasteiger partial charge in [0.2, 0.25) is 0 Å². The summed E-state index contributed by atoms with van der Waals surface area (Å²) in [6, 6.07) is 15.4. The summed E-state index contributed by atoms with van der Waals surface area (Å²) < 4.78 is 0. The first-order valence-corrected chi connectivity index (χ1v) is 7.70. The van der Waals surface area contributed by atoms with Gasteiger partial charge in [-0.05, 0) is 30.0 Å². The summed E-state index contributed by atoms with van der Waals surface area (Å²) in [5.41, 5.74) is 4.38. The van der Waals surface area contributed by atoms with Crippen LogP contribution in [0.3, 0.4) is 0 Å². The molecule has 0 amide bonds. The molecule has 0 bridgehead atoms. The van der Waals surface area contributed by atoms with Crippen molar-refractivity contribution in [1.82, 2.24) is 4.98 Å². The summed E-state index contributed by atoms with van der Waals surface area (Å²) in [5, 5.41) is 12.2. The van der Waals surface area contributed by atoms with Gasteiger partial charge in [-0.25, -0.2) is 4.98 Å². The van der Waals surface area contributed by atoms with Gasteiger partial charge in [-0.1, -0.05) is 56.3 Å². The molecule has 116 valence electrons. The van der Waals surface area contributed by atoms with Crippen LogP contribution in [0.2, 0.25) is 0 Å². The minimum absolute atomic E-state index is 0.221. The van der Waals surface area contributed by atoms with E-state index in [4.69, 9.17) is 0 Å². The van der Waals surface area contributed by atoms with Crippen molar-refractivity contribution in [2.24, 2.45) is 0 Å². The van der Waals surface area contributed by atoms with Crippen LogP contribution in [0.4, 0.5) is 0 Å². The van der Waals surface area contributed by atoms with Crippen LogP contribution >= 0.6 is 0 Å². The second kappa shape index (κ2) is 5.84. The summed E-state index contributed by atoms with van der Waals surface area (Å²) in [6.07, 6.45) is 0. The number of nitrogens with zero attached hydrogens (tertiary/aromatic N) is 1. The lowest BCUT2D eigenvalue weighted by molar-refractivity contribution is -0.254. The Morgan fingerprint density at radius 3 is 2.30 bits per heavy atom. The number of carbonyl (C=O) groups is 1. The van der Waals surface area contributed by atoms with Gasteiger partial charge in [-0.15, -0.1) is 0 Å². The van der Waals surface area contributed by atoms with E-state index in [1.165, 1.54) is 5.56 Å². The summed E-state index contributed by atoms with van der Waals surface area (Å²) in [6.45, 7) is 6.07. The highest BCUT2D eigenvalue weighted by atomic mass is 16.4. The van der Waals surface area contributed by atoms with Crippen LogP contribution in [0.1, 0.15) is 41.3 Å². The summed E-state index contributed by atoms with van der Waals surface area (Å²) in [4.78, 5) is 16.3. The van der Waals surface area contributed by atoms with Gasteiger partial charge in [-0.2, -0.15) is 0 Å². The molecular formula is C20H18NO2-. The van der Waals surface area contributed by atoms with Crippen molar-refractivity contribution in [2.75, 3.05) is 0 Å². The number of aromatic nitrogens is 1. The van der Waals surface area contributed by atoms with E-state index in [1.54, 1.807) is 13.0 Å². The number of carboxylic acids is 1. The van der Waals surface area contributed by atoms with Crippen molar-refractivity contribution in [3.05, 3.63) is 65.2 Å². The van der Waals surface area contributed by atoms with Gasteiger partial charge in [0.25, 0.3) is 0 Å².